The van der Waals surface area contributed by atoms with Gasteiger partial charge in [-0.15, -0.1) is 0 Å². The highest BCUT2D eigenvalue weighted by atomic mass is 16.5. The van der Waals surface area contributed by atoms with Gasteiger partial charge in [0.05, 0.1) is 13.7 Å². The van der Waals surface area contributed by atoms with Crippen LogP contribution in [0, 0.1) is 5.92 Å². The number of hydrogen-bond donors (Lipinski definition) is 1. The molecule has 1 unspecified atom stereocenters. The molecule has 3 rings (SSSR count). The molecule has 1 atom stereocenters. The van der Waals surface area contributed by atoms with Crippen molar-refractivity contribution in [1.82, 2.24) is 10.3 Å². The summed E-state index contributed by atoms with van der Waals surface area (Å²) in [6.07, 6.45) is 2.86. The van der Waals surface area contributed by atoms with E-state index >= 15 is 0 Å². The molecular weight excluding hydrogens is 292 g/mol. The van der Waals surface area contributed by atoms with Gasteiger partial charge < -0.3 is 19.5 Å². The van der Waals surface area contributed by atoms with Crippen molar-refractivity contribution in [1.29, 1.82) is 0 Å². The van der Waals surface area contributed by atoms with E-state index in [0.717, 1.165) is 38.3 Å². The summed E-state index contributed by atoms with van der Waals surface area (Å²) < 4.78 is 16.7. The van der Waals surface area contributed by atoms with Gasteiger partial charge in [-0.1, -0.05) is 18.2 Å². The van der Waals surface area contributed by atoms with Crippen LogP contribution in [-0.2, 0) is 11.3 Å². The standard InChI is InChI=1S/C18H22N2O3/c1-21-16-6-2-3-7-17(16)23-18-15(5-4-9-20-18)12-19-11-14-8-10-22-13-14/h2-7,9,14,19H,8,10-13H2,1H3. The maximum absolute atomic E-state index is 5.95. The fourth-order valence-corrected chi connectivity index (χ4v) is 2.61. The van der Waals surface area contributed by atoms with Gasteiger partial charge in [-0.05, 0) is 30.5 Å². The van der Waals surface area contributed by atoms with E-state index in [0.29, 0.717) is 23.3 Å². The molecule has 1 fully saturated rings. The molecule has 0 saturated carbocycles. The second kappa shape index (κ2) is 7.94. The van der Waals surface area contributed by atoms with E-state index in [2.05, 4.69) is 10.3 Å². The number of ether oxygens (including phenoxy) is 3. The van der Waals surface area contributed by atoms with Gasteiger partial charge >= 0.3 is 0 Å². The second-order valence-corrected chi connectivity index (χ2v) is 5.58. The Hall–Kier alpha value is -2.11. The number of benzene rings is 1. The number of nitrogens with one attached hydrogen (secondary N) is 1. The number of rotatable bonds is 7. The smallest absolute Gasteiger partial charge is 0.223 e. The molecule has 2 heterocycles. The van der Waals surface area contributed by atoms with E-state index in [1.165, 1.54) is 0 Å². The molecule has 122 valence electrons. The lowest BCUT2D eigenvalue weighted by Crippen LogP contribution is -2.22. The predicted molar refractivity (Wildman–Crippen MR) is 87.9 cm³/mol. The van der Waals surface area contributed by atoms with Crippen molar-refractivity contribution >= 4 is 0 Å². The molecule has 1 aromatic carbocycles. The molecule has 1 aliphatic heterocycles. The average molecular weight is 314 g/mol. The Balaban J connectivity index is 1.65. The van der Waals surface area contributed by atoms with Crippen LogP contribution in [0.3, 0.4) is 0 Å². The average Bonchev–Trinajstić information content (AvgIpc) is 3.10. The summed E-state index contributed by atoms with van der Waals surface area (Å²) in [7, 11) is 1.63. The molecular formula is C18H22N2O3. The van der Waals surface area contributed by atoms with Gasteiger partial charge in [-0.3, -0.25) is 0 Å². The normalized spacial score (nSPS) is 17.2. The molecule has 1 aromatic heterocycles. The quantitative estimate of drug-likeness (QED) is 0.851. The van der Waals surface area contributed by atoms with Crippen molar-refractivity contribution in [2.24, 2.45) is 5.92 Å². The van der Waals surface area contributed by atoms with Crippen LogP contribution in [0.25, 0.3) is 0 Å². The molecule has 5 heteroatoms. The number of methoxy groups -OCH3 is 1. The van der Waals surface area contributed by atoms with Crippen molar-refractivity contribution in [2.75, 3.05) is 26.9 Å². The summed E-state index contributed by atoms with van der Waals surface area (Å²) in [6.45, 7) is 3.39. The lowest BCUT2D eigenvalue weighted by molar-refractivity contribution is 0.185. The fourth-order valence-electron chi connectivity index (χ4n) is 2.61. The van der Waals surface area contributed by atoms with E-state index < -0.39 is 0 Å². The topological polar surface area (TPSA) is 52.6 Å². The van der Waals surface area contributed by atoms with Crippen LogP contribution in [0.5, 0.6) is 17.4 Å². The van der Waals surface area contributed by atoms with Crippen molar-refractivity contribution in [3.8, 4) is 17.4 Å². The Morgan fingerprint density at radius 3 is 2.87 bits per heavy atom. The minimum absolute atomic E-state index is 0.602. The van der Waals surface area contributed by atoms with Gasteiger partial charge in [-0.25, -0.2) is 4.98 Å². The lowest BCUT2D eigenvalue weighted by Gasteiger charge is -2.14. The minimum atomic E-state index is 0.602. The summed E-state index contributed by atoms with van der Waals surface area (Å²) in [5.41, 5.74) is 1.03. The summed E-state index contributed by atoms with van der Waals surface area (Å²) >= 11 is 0. The molecule has 0 aliphatic carbocycles. The van der Waals surface area contributed by atoms with Gasteiger partial charge in [0.15, 0.2) is 11.5 Å². The molecule has 23 heavy (non-hydrogen) atoms. The number of pyridine rings is 1. The first-order valence-electron chi connectivity index (χ1n) is 7.90. The zero-order valence-corrected chi connectivity index (χ0v) is 13.3. The summed E-state index contributed by atoms with van der Waals surface area (Å²) in [5, 5.41) is 3.47. The summed E-state index contributed by atoms with van der Waals surface area (Å²) in [6, 6.07) is 11.5. The van der Waals surface area contributed by atoms with E-state index in [1.54, 1.807) is 13.3 Å². The van der Waals surface area contributed by atoms with Crippen LogP contribution >= 0.6 is 0 Å². The molecule has 1 aliphatic rings. The molecule has 1 saturated heterocycles. The third kappa shape index (κ3) is 4.21. The van der Waals surface area contributed by atoms with E-state index in [4.69, 9.17) is 14.2 Å². The maximum Gasteiger partial charge on any atom is 0.223 e. The SMILES string of the molecule is COc1ccccc1Oc1ncccc1CNCC1CCOC1. The first-order chi connectivity index (χ1) is 11.4. The second-order valence-electron chi connectivity index (χ2n) is 5.58. The highest BCUT2D eigenvalue weighted by molar-refractivity contribution is 5.42. The highest BCUT2D eigenvalue weighted by Crippen LogP contribution is 2.31. The summed E-state index contributed by atoms with van der Waals surface area (Å²) in [4.78, 5) is 4.36. The third-order valence-electron chi connectivity index (χ3n) is 3.90. The van der Waals surface area contributed by atoms with Crippen molar-refractivity contribution in [3.63, 3.8) is 0 Å². The van der Waals surface area contributed by atoms with Crippen LogP contribution in [0.2, 0.25) is 0 Å². The van der Waals surface area contributed by atoms with Crippen molar-refractivity contribution < 1.29 is 14.2 Å². The molecule has 0 amide bonds. The number of nitrogens with zero attached hydrogens (tertiary/aromatic N) is 1. The molecule has 0 bridgehead atoms. The third-order valence-corrected chi connectivity index (χ3v) is 3.90. The Kier molecular flexibility index (Phi) is 5.45. The monoisotopic (exact) mass is 314 g/mol. The molecule has 0 spiro atoms. The van der Waals surface area contributed by atoms with Gasteiger partial charge in [0.1, 0.15) is 0 Å². The van der Waals surface area contributed by atoms with Gasteiger partial charge in [0.25, 0.3) is 0 Å². The maximum atomic E-state index is 5.95. The Morgan fingerprint density at radius 2 is 2.09 bits per heavy atom. The van der Waals surface area contributed by atoms with Crippen LogP contribution < -0.4 is 14.8 Å². The lowest BCUT2D eigenvalue weighted by atomic mass is 10.1. The largest absolute Gasteiger partial charge is 0.493 e. The zero-order chi connectivity index (χ0) is 15.9. The number of hydrogen-bond acceptors (Lipinski definition) is 5. The van der Waals surface area contributed by atoms with Crippen LogP contribution in [0.4, 0.5) is 0 Å². The van der Waals surface area contributed by atoms with Gasteiger partial charge in [0, 0.05) is 31.5 Å². The van der Waals surface area contributed by atoms with Crippen LogP contribution in [-0.4, -0.2) is 31.9 Å². The van der Waals surface area contributed by atoms with E-state index in [9.17, 15) is 0 Å². The fraction of sp³-hybridized carbons (Fsp3) is 0.389. The summed E-state index contributed by atoms with van der Waals surface area (Å²) in [5.74, 6) is 2.57. The molecule has 2 aromatic rings. The number of aromatic nitrogens is 1. The molecule has 5 nitrogen and oxygen atoms in total. The highest BCUT2D eigenvalue weighted by Gasteiger charge is 2.15. The zero-order valence-electron chi connectivity index (χ0n) is 13.3. The first kappa shape index (κ1) is 15.8. The van der Waals surface area contributed by atoms with Gasteiger partial charge in [-0.2, -0.15) is 0 Å². The molecule has 1 N–H and O–H groups in total. The van der Waals surface area contributed by atoms with Crippen molar-refractivity contribution in [3.05, 3.63) is 48.2 Å². The Labute approximate surface area is 136 Å². The number of para-hydroxylation sites is 2. The van der Waals surface area contributed by atoms with Gasteiger partial charge in [0.2, 0.25) is 5.88 Å². The Bertz CT molecular complexity index is 627. The Morgan fingerprint density at radius 1 is 1.22 bits per heavy atom. The van der Waals surface area contributed by atoms with E-state index in [1.807, 2.05) is 36.4 Å². The first-order valence-corrected chi connectivity index (χ1v) is 7.90. The van der Waals surface area contributed by atoms with Crippen molar-refractivity contribution in [2.45, 2.75) is 13.0 Å². The van der Waals surface area contributed by atoms with Crippen LogP contribution in [0.1, 0.15) is 12.0 Å². The minimum Gasteiger partial charge on any atom is -0.493 e. The molecule has 0 radical (unpaired) electrons. The van der Waals surface area contributed by atoms with Crippen LogP contribution in [0.15, 0.2) is 42.6 Å². The predicted octanol–water partition coefficient (Wildman–Crippen LogP) is 3.01. The van der Waals surface area contributed by atoms with E-state index in [-0.39, 0.29) is 0 Å².